The maximum absolute atomic E-state index is 11.8. The second-order valence-corrected chi connectivity index (χ2v) is 5.82. The molecule has 0 spiro atoms. The van der Waals surface area contributed by atoms with Crippen molar-refractivity contribution in [1.82, 2.24) is 5.32 Å². The van der Waals surface area contributed by atoms with Gasteiger partial charge in [0, 0.05) is 6.04 Å². The van der Waals surface area contributed by atoms with Crippen LogP contribution in [0.15, 0.2) is 36.4 Å². The molecule has 0 fully saturated rings. The van der Waals surface area contributed by atoms with Gasteiger partial charge in [0.15, 0.2) is 6.54 Å². The van der Waals surface area contributed by atoms with Crippen molar-refractivity contribution in [2.75, 3.05) is 13.6 Å². The van der Waals surface area contributed by atoms with Gasteiger partial charge in [-0.15, -0.1) is 0 Å². The van der Waals surface area contributed by atoms with Crippen molar-refractivity contribution in [3.63, 3.8) is 0 Å². The summed E-state index contributed by atoms with van der Waals surface area (Å²) in [5.74, 6) is 0.319. The molecule has 4 heteroatoms. The molecule has 1 unspecified atom stereocenters. The van der Waals surface area contributed by atoms with Crippen LogP contribution in [0, 0.1) is 0 Å². The second kappa shape index (κ2) is 6.59. The van der Waals surface area contributed by atoms with Crippen LogP contribution in [0.2, 0.25) is 0 Å². The topological polar surface area (TPSA) is 53.8 Å². The highest BCUT2D eigenvalue weighted by Gasteiger charge is 2.15. The number of phenolic OH excluding ortho intramolecular Hbond substituents is 1. The van der Waals surface area contributed by atoms with Crippen LogP contribution < -0.4 is 10.2 Å². The number of carbonyl (C=O) groups is 1. The molecule has 3 N–H and O–H groups in total. The summed E-state index contributed by atoms with van der Waals surface area (Å²) < 4.78 is 0. The highest BCUT2D eigenvalue weighted by Crippen LogP contribution is 2.26. The second-order valence-electron chi connectivity index (χ2n) is 5.82. The van der Waals surface area contributed by atoms with E-state index >= 15 is 0 Å². The van der Waals surface area contributed by atoms with Gasteiger partial charge in [-0.05, 0) is 30.7 Å². The fourth-order valence-corrected chi connectivity index (χ4v) is 2.52. The average Bonchev–Trinajstić information content (AvgIpc) is 2.41. The fourth-order valence-electron chi connectivity index (χ4n) is 2.52. The van der Waals surface area contributed by atoms with E-state index in [9.17, 15) is 9.90 Å². The Morgan fingerprint density at radius 2 is 1.95 bits per heavy atom. The lowest BCUT2D eigenvalue weighted by Gasteiger charge is -2.17. The number of hydrogen-bond donors (Lipinski definition) is 3. The van der Waals surface area contributed by atoms with Crippen LogP contribution in [0.3, 0.4) is 0 Å². The number of benzene rings is 2. The van der Waals surface area contributed by atoms with Crippen molar-refractivity contribution < 1.29 is 14.8 Å². The molecule has 0 bridgehead atoms. The van der Waals surface area contributed by atoms with Crippen LogP contribution in [0.5, 0.6) is 5.75 Å². The molecule has 0 aliphatic heterocycles. The predicted octanol–water partition coefficient (Wildman–Crippen LogP) is 1.08. The minimum absolute atomic E-state index is 0.0298. The standard InChI is InChI=1S/C17H22N2O2/c1-12(2)18-17(21)11-19(3)10-15-14-7-5-4-6-13(14)8-9-16(15)20/h4-9,12,20H,10-11H2,1-3H3,(H,18,21)/p+1. The summed E-state index contributed by atoms with van der Waals surface area (Å²) in [7, 11) is 1.96. The van der Waals surface area contributed by atoms with E-state index < -0.39 is 0 Å². The van der Waals surface area contributed by atoms with Crippen molar-refractivity contribution >= 4 is 16.7 Å². The fraction of sp³-hybridized carbons (Fsp3) is 0.353. The Balaban J connectivity index is 2.15. The number of aromatic hydroxyl groups is 1. The molecule has 2 aromatic rings. The first kappa shape index (κ1) is 15.3. The van der Waals surface area contributed by atoms with E-state index in [2.05, 4.69) is 5.32 Å². The number of fused-ring (bicyclic) bond motifs is 1. The van der Waals surface area contributed by atoms with Gasteiger partial charge >= 0.3 is 0 Å². The Labute approximate surface area is 125 Å². The SMILES string of the molecule is CC(C)NC(=O)C[NH+](C)Cc1c(O)ccc2ccccc12. The van der Waals surface area contributed by atoms with Gasteiger partial charge in [-0.3, -0.25) is 4.79 Å². The molecule has 21 heavy (non-hydrogen) atoms. The van der Waals surface area contributed by atoms with E-state index in [1.807, 2.05) is 51.2 Å². The van der Waals surface area contributed by atoms with Crippen molar-refractivity contribution in [3.8, 4) is 5.75 Å². The summed E-state index contributed by atoms with van der Waals surface area (Å²) >= 11 is 0. The van der Waals surface area contributed by atoms with E-state index in [1.165, 1.54) is 0 Å². The number of likely N-dealkylation sites (N-methyl/N-ethyl adjacent to an activating group) is 1. The van der Waals surface area contributed by atoms with Crippen LogP contribution in [-0.4, -0.2) is 30.6 Å². The van der Waals surface area contributed by atoms with Crippen LogP contribution in [0.4, 0.5) is 0 Å². The monoisotopic (exact) mass is 287 g/mol. The molecule has 0 aromatic heterocycles. The molecular formula is C17H23N2O2+. The van der Waals surface area contributed by atoms with Crippen LogP contribution >= 0.6 is 0 Å². The molecule has 0 saturated carbocycles. The third kappa shape index (κ3) is 3.95. The van der Waals surface area contributed by atoms with Crippen LogP contribution in [-0.2, 0) is 11.3 Å². The van der Waals surface area contributed by atoms with Gasteiger partial charge in [0.1, 0.15) is 12.3 Å². The lowest BCUT2D eigenvalue weighted by Crippen LogP contribution is -3.09. The van der Waals surface area contributed by atoms with Gasteiger partial charge < -0.3 is 15.3 Å². The summed E-state index contributed by atoms with van der Waals surface area (Å²) in [6, 6.07) is 11.8. The van der Waals surface area contributed by atoms with Crippen molar-refractivity contribution in [2.45, 2.75) is 26.4 Å². The average molecular weight is 287 g/mol. The molecule has 0 aliphatic carbocycles. The molecule has 4 nitrogen and oxygen atoms in total. The minimum atomic E-state index is 0.0298. The molecule has 1 amide bonds. The maximum Gasteiger partial charge on any atom is 0.275 e. The Morgan fingerprint density at radius 1 is 1.24 bits per heavy atom. The van der Waals surface area contributed by atoms with Crippen molar-refractivity contribution in [2.24, 2.45) is 0 Å². The predicted molar refractivity (Wildman–Crippen MR) is 84.3 cm³/mol. The molecule has 1 atom stereocenters. The summed E-state index contributed by atoms with van der Waals surface area (Å²) in [6.45, 7) is 4.90. The molecule has 0 radical (unpaired) electrons. The zero-order valence-corrected chi connectivity index (χ0v) is 12.8. The van der Waals surface area contributed by atoms with E-state index in [-0.39, 0.29) is 17.7 Å². The number of phenols is 1. The third-order valence-electron chi connectivity index (χ3n) is 3.41. The number of amides is 1. The van der Waals surface area contributed by atoms with Gasteiger partial charge in [-0.25, -0.2) is 0 Å². The lowest BCUT2D eigenvalue weighted by atomic mass is 10.0. The zero-order chi connectivity index (χ0) is 15.4. The number of carbonyl (C=O) groups excluding carboxylic acids is 1. The van der Waals surface area contributed by atoms with Crippen LogP contribution in [0.25, 0.3) is 10.8 Å². The third-order valence-corrected chi connectivity index (χ3v) is 3.41. The molecule has 2 rings (SSSR count). The molecule has 0 aliphatic rings. The van der Waals surface area contributed by atoms with Crippen molar-refractivity contribution in [3.05, 3.63) is 42.0 Å². The van der Waals surface area contributed by atoms with Gasteiger partial charge in [0.05, 0.1) is 12.6 Å². The molecule has 0 saturated heterocycles. The highest BCUT2D eigenvalue weighted by molar-refractivity contribution is 5.87. The summed E-state index contributed by atoms with van der Waals surface area (Å²) in [4.78, 5) is 12.8. The summed E-state index contributed by atoms with van der Waals surface area (Å²) in [5, 5.41) is 15.2. The molecule has 2 aromatic carbocycles. The first-order valence-electron chi connectivity index (χ1n) is 7.27. The number of quaternary nitrogens is 1. The normalized spacial score (nSPS) is 12.6. The first-order chi connectivity index (χ1) is 9.97. The van der Waals surface area contributed by atoms with E-state index in [4.69, 9.17) is 0 Å². The van der Waals surface area contributed by atoms with Crippen molar-refractivity contribution in [1.29, 1.82) is 0 Å². The van der Waals surface area contributed by atoms with Gasteiger partial charge in [-0.2, -0.15) is 0 Å². The number of hydrogen-bond acceptors (Lipinski definition) is 2. The lowest BCUT2D eigenvalue weighted by molar-refractivity contribution is -0.885. The smallest absolute Gasteiger partial charge is 0.275 e. The first-order valence-corrected chi connectivity index (χ1v) is 7.27. The number of nitrogens with one attached hydrogen (secondary N) is 2. The molecule has 112 valence electrons. The van der Waals surface area contributed by atoms with Gasteiger partial charge in [0.25, 0.3) is 5.91 Å². The largest absolute Gasteiger partial charge is 0.507 e. The zero-order valence-electron chi connectivity index (χ0n) is 12.8. The summed E-state index contributed by atoms with van der Waals surface area (Å²) in [5.41, 5.74) is 0.892. The Bertz CT molecular complexity index is 638. The summed E-state index contributed by atoms with van der Waals surface area (Å²) in [6.07, 6.45) is 0. The Morgan fingerprint density at radius 3 is 2.67 bits per heavy atom. The molecule has 0 heterocycles. The van der Waals surface area contributed by atoms with Gasteiger partial charge in [-0.1, -0.05) is 30.3 Å². The molecular weight excluding hydrogens is 264 g/mol. The van der Waals surface area contributed by atoms with E-state index in [0.717, 1.165) is 21.2 Å². The minimum Gasteiger partial charge on any atom is -0.507 e. The van der Waals surface area contributed by atoms with Gasteiger partial charge in [0.2, 0.25) is 0 Å². The van der Waals surface area contributed by atoms with E-state index in [1.54, 1.807) is 6.07 Å². The Hall–Kier alpha value is -2.07. The highest BCUT2D eigenvalue weighted by atomic mass is 16.3. The van der Waals surface area contributed by atoms with E-state index in [0.29, 0.717) is 13.1 Å². The maximum atomic E-state index is 11.8. The quantitative estimate of drug-likeness (QED) is 0.771. The Kier molecular flexibility index (Phi) is 4.81. The van der Waals surface area contributed by atoms with Crippen LogP contribution in [0.1, 0.15) is 19.4 Å². The number of rotatable bonds is 5.